The third-order valence-corrected chi connectivity index (χ3v) is 4.99. The summed E-state index contributed by atoms with van der Waals surface area (Å²) in [5, 5.41) is 20.3. The van der Waals surface area contributed by atoms with Crippen LogP contribution in [0.2, 0.25) is 0 Å². The molecule has 158 valence electrons. The number of likely N-dealkylation sites (tertiary alicyclic amines) is 1. The van der Waals surface area contributed by atoms with Crippen LogP contribution in [0.3, 0.4) is 0 Å². The van der Waals surface area contributed by atoms with E-state index in [0.29, 0.717) is 24.4 Å². The van der Waals surface area contributed by atoms with Gasteiger partial charge in [0.1, 0.15) is 18.0 Å². The van der Waals surface area contributed by atoms with Crippen LogP contribution in [0.1, 0.15) is 25.3 Å². The highest BCUT2D eigenvalue weighted by Crippen LogP contribution is 2.31. The van der Waals surface area contributed by atoms with Crippen molar-refractivity contribution in [3.8, 4) is 16.9 Å². The van der Waals surface area contributed by atoms with Gasteiger partial charge in [0.25, 0.3) is 0 Å². The summed E-state index contributed by atoms with van der Waals surface area (Å²) in [5.74, 6) is 0.569. The van der Waals surface area contributed by atoms with E-state index in [9.17, 15) is 23.4 Å². The molecule has 1 aliphatic heterocycles. The molecule has 0 saturated carbocycles. The fraction of sp³-hybridized carbons (Fsp3) is 0.455. The maximum Gasteiger partial charge on any atom is 0.416 e. The molecule has 0 bridgehead atoms. The van der Waals surface area contributed by atoms with Crippen molar-refractivity contribution in [1.82, 2.24) is 4.90 Å². The molecular weight excluding hydrogens is 383 g/mol. The molecule has 2 aromatic carbocycles. The number of ether oxygens (including phenoxy) is 1. The van der Waals surface area contributed by atoms with E-state index in [-0.39, 0.29) is 12.7 Å². The van der Waals surface area contributed by atoms with E-state index in [1.165, 1.54) is 12.1 Å². The molecular formula is C22H26F3NO3. The van der Waals surface area contributed by atoms with Crippen LogP contribution in [-0.4, -0.2) is 53.1 Å². The lowest BCUT2D eigenvalue weighted by Crippen LogP contribution is -2.49. The minimum absolute atomic E-state index is 0.0964. The second kappa shape index (κ2) is 8.73. The van der Waals surface area contributed by atoms with Crippen LogP contribution in [0.15, 0.2) is 48.5 Å². The first kappa shape index (κ1) is 21.6. The Morgan fingerprint density at radius 1 is 1.03 bits per heavy atom. The van der Waals surface area contributed by atoms with E-state index in [1.54, 1.807) is 31.2 Å². The van der Waals surface area contributed by atoms with Gasteiger partial charge >= 0.3 is 6.18 Å². The van der Waals surface area contributed by atoms with Gasteiger partial charge in [0, 0.05) is 13.1 Å². The Morgan fingerprint density at radius 2 is 1.62 bits per heavy atom. The van der Waals surface area contributed by atoms with E-state index >= 15 is 0 Å². The summed E-state index contributed by atoms with van der Waals surface area (Å²) < 4.78 is 43.7. The minimum atomic E-state index is -4.35. The topological polar surface area (TPSA) is 52.9 Å². The van der Waals surface area contributed by atoms with Crippen LogP contribution in [0.25, 0.3) is 11.1 Å². The fourth-order valence-corrected chi connectivity index (χ4v) is 3.54. The van der Waals surface area contributed by atoms with Crippen LogP contribution in [0.5, 0.6) is 5.75 Å². The SMILES string of the molecule is CC(O)(COc1ccc(-c2ccc(C(F)(F)F)cc2)cc1)CN1CCCC(O)C1. The van der Waals surface area contributed by atoms with E-state index < -0.39 is 17.3 Å². The summed E-state index contributed by atoms with van der Waals surface area (Å²) in [5.41, 5.74) is -0.284. The first-order chi connectivity index (χ1) is 13.6. The summed E-state index contributed by atoms with van der Waals surface area (Å²) in [7, 11) is 0. The second-order valence-corrected chi connectivity index (χ2v) is 7.92. The number of β-amino-alcohol motifs (C(OH)–C–C–N with tert-alkyl or cyclic N) is 2. The van der Waals surface area contributed by atoms with Gasteiger partial charge in [0.15, 0.2) is 0 Å². The average molecular weight is 409 g/mol. The highest BCUT2D eigenvalue weighted by atomic mass is 19.4. The molecule has 3 rings (SSSR count). The number of alkyl halides is 3. The predicted molar refractivity (Wildman–Crippen MR) is 105 cm³/mol. The normalized spacial score (nSPS) is 20.3. The third-order valence-electron chi connectivity index (χ3n) is 4.99. The van der Waals surface area contributed by atoms with Crippen LogP contribution < -0.4 is 4.74 Å². The van der Waals surface area contributed by atoms with Crippen molar-refractivity contribution in [2.75, 3.05) is 26.2 Å². The molecule has 0 spiro atoms. The molecule has 2 N–H and O–H groups in total. The maximum absolute atomic E-state index is 12.7. The van der Waals surface area contributed by atoms with Crippen molar-refractivity contribution in [3.05, 3.63) is 54.1 Å². The zero-order valence-corrected chi connectivity index (χ0v) is 16.3. The maximum atomic E-state index is 12.7. The zero-order valence-electron chi connectivity index (χ0n) is 16.3. The first-order valence-electron chi connectivity index (χ1n) is 9.66. The largest absolute Gasteiger partial charge is 0.491 e. The molecule has 2 atom stereocenters. The number of nitrogens with zero attached hydrogens (tertiary/aromatic N) is 1. The van der Waals surface area contributed by atoms with Gasteiger partial charge in [0.2, 0.25) is 0 Å². The van der Waals surface area contributed by atoms with Gasteiger partial charge < -0.3 is 14.9 Å². The molecule has 0 radical (unpaired) electrons. The smallest absolute Gasteiger partial charge is 0.416 e. The molecule has 2 unspecified atom stereocenters. The van der Waals surface area contributed by atoms with Crippen molar-refractivity contribution in [1.29, 1.82) is 0 Å². The molecule has 4 nitrogen and oxygen atoms in total. The van der Waals surface area contributed by atoms with E-state index in [4.69, 9.17) is 4.74 Å². The summed E-state index contributed by atoms with van der Waals surface area (Å²) >= 11 is 0. The van der Waals surface area contributed by atoms with Crippen molar-refractivity contribution >= 4 is 0 Å². The molecule has 7 heteroatoms. The molecule has 1 aliphatic rings. The van der Waals surface area contributed by atoms with Crippen molar-refractivity contribution in [2.45, 2.75) is 37.6 Å². The van der Waals surface area contributed by atoms with Gasteiger partial charge in [-0.05, 0) is 61.7 Å². The Morgan fingerprint density at radius 3 is 2.17 bits per heavy atom. The molecule has 29 heavy (non-hydrogen) atoms. The third kappa shape index (κ3) is 6.19. The lowest BCUT2D eigenvalue weighted by molar-refractivity contribution is -0.137. The quantitative estimate of drug-likeness (QED) is 0.759. The fourth-order valence-electron chi connectivity index (χ4n) is 3.54. The monoisotopic (exact) mass is 409 g/mol. The number of piperidine rings is 1. The Kier molecular flexibility index (Phi) is 6.51. The number of hydrogen-bond donors (Lipinski definition) is 2. The van der Waals surface area contributed by atoms with Gasteiger partial charge in [-0.3, -0.25) is 4.90 Å². The van der Waals surface area contributed by atoms with Gasteiger partial charge in [-0.1, -0.05) is 24.3 Å². The first-order valence-corrected chi connectivity index (χ1v) is 9.66. The lowest BCUT2D eigenvalue weighted by atomic mass is 10.0. The van der Waals surface area contributed by atoms with Crippen LogP contribution in [0, 0.1) is 0 Å². The Labute approximate surface area is 168 Å². The van der Waals surface area contributed by atoms with Crippen molar-refractivity contribution < 1.29 is 28.1 Å². The summed E-state index contributed by atoms with van der Waals surface area (Å²) in [6.07, 6.45) is -3.00. The molecule has 1 fully saturated rings. The van der Waals surface area contributed by atoms with Gasteiger partial charge in [-0.15, -0.1) is 0 Å². The number of rotatable bonds is 6. The number of benzene rings is 2. The van der Waals surface area contributed by atoms with E-state index in [2.05, 4.69) is 0 Å². The average Bonchev–Trinajstić information content (AvgIpc) is 2.66. The Bertz CT molecular complexity index is 788. The lowest BCUT2D eigenvalue weighted by Gasteiger charge is -2.35. The highest BCUT2D eigenvalue weighted by Gasteiger charge is 2.30. The van der Waals surface area contributed by atoms with E-state index in [0.717, 1.165) is 37.1 Å². The standard InChI is InChI=1S/C22H26F3NO3/c1-21(28,14-26-12-2-3-19(27)13-26)15-29-20-10-6-17(7-11-20)16-4-8-18(9-5-16)22(23,24)25/h4-11,19,27-28H,2-3,12-15H2,1H3. The summed E-state index contributed by atoms with van der Waals surface area (Å²) in [4.78, 5) is 2.03. The molecule has 1 heterocycles. The van der Waals surface area contributed by atoms with Crippen LogP contribution in [-0.2, 0) is 6.18 Å². The molecule has 2 aromatic rings. The number of halogens is 3. The molecule has 0 amide bonds. The van der Waals surface area contributed by atoms with Crippen LogP contribution in [0.4, 0.5) is 13.2 Å². The Hall–Kier alpha value is -2.09. The van der Waals surface area contributed by atoms with Crippen molar-refractivity contribution in [2.24, 2.45) is 0 Å². The van der Waals surface area contributed by atoms with Gasteiger partial charge in [0.05, 0.1) is 11.7 Å². The van der Waals surface area contributed by atoms with Gasteiger partial charge in [-0.2, -0.15) is 13.2 Å². The summed E-state index contributed by atoms with van der Waals surface area (Å²) in [6.45, 7) is 3.60. The number of aliphatic hydroxyl groups is 2. The highest BCUT2D eigenvalue weighted by molar-refractivity contribution is 5.64. The number of aliphatic hydroxyl groups excluding tert-OH is 1. The minimum Gasteiger partial charge on any atom is -0.491 e. The predicted octanol–water partition coefficient (Wildman–Crippen LogP) is 3.96. The summed E-state index contributed by atoms with van der Waals surface area (Å²) in [6, 6.07) is 12.0. The van der Waals surface area contributed by atoms with E-state index in [1.807, 2.05) is 4.90 Å². The molecule has 0 aromatic heterocycles. The van der Waals surface area contributed by atoms with Crippen molar-refractivity contribution in [3.63, 3.8) is 0 Å². The van der Waals surface area contributed by atoms with Gasteiger partial charge in [-0.25, -0.2) is 0 Å². The molecule has 1 saturated heterocycles. The Balaban J connectivity index is 1.56. The van der Waals surface area contributed by atoms with Crippen LogP contribution >= 0.6 is 0 Å². The second-order valence-electron chi connectivity index (χ2n) is 7.92. The molecule has 0 aliphatic carbocycles. The number of hydrogen-bond acceptors (Lipinski definition) is 4. The zero-order chi connectivity index (χ0) is 21.1.